The molecule has 2 aromatic carbocycles. The zero-order valence-electron chi connectivity index (χ0n) is 20.7. The van der Waals surface area contributed by atoms with E-state index in [-0.39, 0.29) is 23.7 Å². The quantitative estimate of drug-likeness (QED) is 0.506. The average molecular weight is 511 g/mol. The summed E-state index contributed by atoms with van der Waals surface area (Å²) in [5.74, 6) is -0.470. The lowest BCUT2D eigenvalue weighted by Crippen LogP contribution is -2.35. The van der Waals surface area contributed by atoms with Crippen LogP contribution in [-0.2, 0) is 9.59 Å². The smallest absolute Gasteiger partial charge is 0.283 e. The van der Waals surface area contributed by atoms with Crippen molar-refractivity contribution in [3.8, 4) is 5.69 Å². The monoisotopic (exact) mass is 510 g/mol. The number of aliphatic imine (C=N–C) groups is 1. The Morgan fingerprint density at radius 2 is 1.84 bits per heavy atom. The van der Waals surface area contributed by atoms with Crippen molar-refractivity contribution < 1.29 is 9.59 Å². The van der Waals surface area contributed by atoms with E-state index in [1.165, 1.54) is 22.2 Å². The minimum absolute atomic E-state index is 0.0263. The van der Waals surface area contributed by atoms with Gasteiger partial charge >= 0.3 is 0 Å². The Hall–Kier alpha value is -3.98. The molecule has 1 fully saturated rings. The predicted molar refractivity (Wildman–Crippen MR) is 148 cm³/mol. The Morgan fingerprint density at radius 1 is 1.08 bits per heavy atom. The Morgan fingerprint density at radius 3 is 2.62 bits per heavy atom. The van der Waals surface area contributed by atoms with Gasteiger partial charge in [-0.15, -0.1) is 0 Å². The summed E-state index contributed by atoms with van der Waals surface area (Å²) in [5, 5.41) is 17.8. The molecule has 0 unspecified atom stereocenters. The minimum atomic E-state index is -0.471. The number of aromatic nitrogens is 1. The van der Waals surface area contributed by atoms with E-state index in [4.69, 9.17) is 5.41 Å². The standard InChI is InChI=1S/C28H26N6O2S/c1-17-13-21(18(2)33(17)22-10-9-19-7-3-4-8-20(19)14-22)15-23-26(29)34-28(30-27(23)36)37-24(31-34)16-25(35)32-11-5-6-12-32/h3-4,7-10,13-15,29H,5-6,11-12,16H2,1-2H3/b23-15+,29-26?. The van der Waals surface area contributed by atoms with E-state index in [0.29, 0.717) is 10.2 Å². The highest BCUT2D eigenvalue weighted by molar-refractivity contribution is 8.27. The normalized spacial score (nSPS) is 18.6. The molecule has 0 radical (unpaired) electrons. The van der Waals surface area contributed by atoms with Gasteiger partial charge in [0.05, 0.1) is 12.0 Å². The lowest BCUT2D eigenvalue weighted by Gasteiger charge is -2.20. The SMILES string of the molecule is Cc1cc(/C=C2\C(=N)N3N=C(CC(=O)N4CCCC4)SC3=NC2=O)c(C)n1-c1ccc2ccccc2c1. The van der Waals surface area contributed by atoms with Gasteiger partial charge in [-0.3, -0.25) is 15.0 Å². The van der Waals surface area contributed by atoms with Crippen LogP contribution in [0.15, 0.2) is 64.2 Å². The number of aryl methyl sites for hydroxylation is 1. The number of thioether (sulfide) groups is 1. The summed E-state index contributed by atoms with van der Waals surface area (Å²) in [7, 11) is 0. The molecule has 6 rings (SSSR count). The van der Waals surface area contributed by atoms with Crippen molar-refractivity contribution in [3.05, 3.63) is 71.1 Å². The molecule has 0 saturated carbocycles. The number of nitrogens with zero attached hydrogens (tertiary/aromatic N) is 5. The molecule has 1 N–H and O–H groups in total. The van der Waals surface area contributed by atoms with Crippen molar-refractivity contribution >= 4 is 56.5 Å². The number of amidine groups is 2. The number of rotatable bonds is 4. The van der Waals surface area contributed by atoms with Crippen LogP contribution < -0.4 is 0 Å². The zero-order chi connectivity index (χ0) is 25.7. The molecule has 1 aromatic heterocycles. The molecule has 9 heteroatoms. The predicted octanol–water partition coefficient (Wildman–Crippen LogP) is 4.88. The third kappa shape index (κ3) is 4.19. The topological polar surface area (TPSA) is 94.1 Å². The van der Waals surface area contributed by atoms with Crippen molar-refractivity contribution in [2.75, 3.05) is 13.1 Å². The number of carbonyl (C=O) groups is 2. The highest BCUT2D eigenvalue weighted by Gasteiger charge is 2.36. The van der Waals surface area contributed by atoms with Crippen LogP contribution in [0.3, 0.4) is 0 Å². The number of hydrogen-bond acceptors (Lipinski definition) is 5. The number of amides is 2. The first kappa shape index (κ1) is 23.4. The number of nitrogens with one attached hydrogen (secondary N) is 1. The molecular weight excluding hydrogens is 484 g/mol. The van der Waals surface area contributed by atoms with Crippen molar-refractivity contribution in [1.29, 1.82) is 5.41 Å². The number of benzene rings is 2. The van der Waals surface area contributed by atoms with Gasteiger partial charge in [-0.1, -0.05) is 30.3 Å². The molecule has 186 valence electrons. The van der Waals surface area contributed by atoms with Crippen LogP contribution >= 0.6 is 11.8 Å². The summed E-state index contributed by atoms with van der Waals surface area (Å²) in [4.78, 5) is 31.5. The molecule has 2 amide bonds. The molecule has 3 aliphatic rings. The van der Waals surface area contributed by atoms with Gasteiger partial charge < -0.3 is 9.47 Å². The van der Waals surface area contributed by atoms with Crippen LogP contribution in [0.5, 0.6) is 0 Å². The summed E-state index contributed by atoms with van der Waals surface area (Å²) in [6, 6.07) is 16.6. The second-order valence-electron chi connectivity index (χ2n) is 9.47. The fourth-order valence-electron chi connectivity index (χ4n) is 5.11. The summed E-state index contributed by atoms with van der Waals surface area (Å²) >= 11 is 1.19. The van der Waals surface area contributed by atoms with Gasteiger partial charge in [0.25, 0.3) is 5.91 Å². The van der Waals surface area contributed by atoms with Gasteiger partial charge in [0.1, 0.15) is 5.04 Å². The van der Waals surface area contributed by atoms with E-state index in [1.807, 2.05) is 36.9 Å². The molecule has 0 spiro atoms. The highest BCUT2D eigenvalue weighted by atomic mass is 32.2. The summed E-state index contributed by atoms with van der Waals surface area (Å²) < 4.78 is 2.15. The second kappa shape index (κ2) is 9.15. The number of carbonyl (C=O) groups excluding carboxylic acids is 2. The first-order chi connectivity index (χ1) is 17.9. The molecule has 0 bridgehead atoms. The van der Waals surface area contributed by atoms with Gasteiger partial charge in [0, 0.05) is 30.2 Å². The van der Waals surface area contributed by atoms with Crippen LogP contribution in [-0.4, -0.2) is 55.4 Å². The van der Waals surface area contributed by atoms with Crippen LogP contribution in [0.25, 0.3) is 22.5 Å². The maximum Gasteiger partial charge on any atom is 0.283 e. The largest absolute Gasteiger partial charge is 0.342 e. The number of fused-ring (bicyclic) bond motifs is 2. The summed E-state index contributed by atoms with van der Waals surface area (Å²) in [6.07, 6.45) is 3.93. The number of likely N-dealkylation sites (tertiary alicyclic amines) is 1. The van der Waals surface area contributed by atoms with Crippen molar-refractivity contribution in [3.63, 3.8) is 0 Å². The van der Waals surface area contributed by atoms with Crippen LogP contribution in [0, 0.1) is 19.3 Å². The Bertz CT molecular complexity index is 1570. The molecule has 0 atom stereocenters. The molecule has 1 saturated heterocycles. The Kier molecular flexibility index (Phi) is 5.79. The number of hydrogen-bond donors (Lipinski definition) is 1. The van der Waals surface area contributed by atoms with E-state index in [0.717, 1.165) is 54.0 Å². The maximum atomic E-state index is 12.9. The zero-order valence-corrected chi connectivity index (χ0v) is 21.5. The van der Waals surface area contributed by atoms with Crippen molar-refractivity contribution in [2.24, 2.45) is 10.1 Å². The molecule has 0 aliphatic carbocycles. The van der Waals surface area contributed by atoms with Crippen molar-refractivity contribution in [2.45, 2.75) is 33.1 Å². The molecule has 8 nitrogen and oxygen atoms in total. The lowest BCUT2D eigenvalue weighted by molar-refractivity contribution is -0.128. The average Bonchev–Trinajstić information content (AvgIpc) is 3.61. The number of hydrazone groups is 1. The van der Waals surface area contributed by atoms with E-state index in [1.54, 1.807) is 6.08 Å². The molecule has 3 aromatic rings. The maximum absolute atomic E-state index is 12.9. The second-order valence-corrected chi connectivity index (χ2v) is 10.5. The van der Waals surface area contributed by atoms with Gasteiger partial charge in [-0.2, -0.15) is 15.1 Å². The third-order valence-corrected chi connectivity index (χ3v) is 7.93. The van der Waals surface area contributed by atoms with E-state index in [2.05, 4.69) is 45.0 Å². The van der Waals surface area contributed by atoms with E-state index < -0.39 is 5.91 Å². The van der Waals surface area contributed by atoms with Gasteiger partial charge in [-0.25, -0.2) is 0 Å². The first-order valence-electron chi connectivity index (χ1n) is 12.3. The Balaban J connectivity index is 1.29. The van der Waals surface area contributed by atoms with E-state index >= 15 is 0 Å². The van der Waals surface area contributed by atoms with Gasteiger partial charge in [0.2, 0.25) is 11.1 Å². The van der Waals surface area contributed by atoms with Gasteiger partial charge in [0.15, 0.2) is 5.84 Å². The van der Waals surface area contributed by atoms with Gasteiger partial charge in [-0.05, 0) is 79.1 Å². The van der Waals surface area contributed by atoms with Crippen LogP contribution in [0.1, 0.15) is 36.2 Å². The first-order valence-corrected chi connectivity index (χ1v) is 13.2. The highest BCUT2D eigenvalue weighted by Crippen LogP contribution is 2.31. The van der Waals surface area contributed by atoms with Crippen molar-refractivity contribution in [1.82, 2.24) is 14.5 Å². The third-order valence-electron chi connectivity index (χ3n) is 7.02. The fourth-order valence-corrected chi connectivity index (χ4v) is 5.99. The summed E-state index contributed by atoms with van der Waals surface area (Å²) in [5.41, 5.74) is 4.05. The lowest BCUT2D eigenvalue weighted by atomic mass is 10.1. The molecule has 4 heterocycles. The Labute approximate surface area is 218 Å². The minimum Gasteiger partial charge on any atom is -0.342 e. The van der Waals surface area contributed by atoms with E-state index in [9.17, 15) is 9.59 Å². The molecule has 3 aliphatic heterocycles. The summed E-state index contributed by atoms with van der Waals surface area (Å²) in [6.45, 7) is 5.59. The van der Waals surface area contributed by atoms with Crippen LogP contribution in [0.2, 0.25) is 0 Å². The van der Waals surface area contributed by atoms with Crippen LogP contribution in [0.4, 0.5) is 0 Å². The molecule has 37 heavy (non-hydrogen) atoms. The molecular formula is C28H26N6O2S. The fraction of sp³-hybridized carbons (Fsp3) is 0.250.